The maximum Gasteiger partial charge on any atom is 0.340 e. The third-order valence-corrected chi connectivity index (χ3v) is 4.85. The number of rotatable bonds is 5. The van der Waals surface area contributed by atoms with Gasteiger partial charge in [0.15, 0.2) is 0 Å². The number of nitrogens with zero attached hydrogens (tertiary/aromatic N) is 1. The molecule has 0 fully saturated rings. The average molecular weight is 324 g/mol. The van der Waals surface area contributed by atoms with E-state index in [-0.39, 0.29) is 5.97 Å². The van der Waals surface area contributed by atoms with E-state index < -0.39 is 0 Å². The molecule has 3 aromatic rings. The maximum atomic E-state index is 12.2. The molecule has 4 heteroatoms. The van der Waals surface area contributed by atoms with Crippen LogP contribution in [0.3, 0.4) is 0 Å². The van der Waals surface area contributed by atoms with Gasteiger partial charge in [0.05, 0.1) is 12.2 Å². The first kappa shape index (κ1) is 16.4. The minimum Gasteiger partial charge on any atom is -0.462 e. The topological polar surface area (TPSA) is 47.0 Å². The van der Waals surface area contributed by atoms with Crippen molar-refractivity contribution in [1.29, 1.82) is 0 Å². The molecule has 0 bridgehead atoms. The van der Waals surface area contributed by atoms with Crippen LogP contribution < -0.4 is 0 Å². The first-order valence-electron chi connectivity index (χ1n) is 8.43. The van der Waals surface area contributed by atoms with Gasteiger partial charge in [-0.25, -0.2) is 4.79 Å². The fourth-order valence-corrected chi connectivity index (χ4v) is 3.45. The predicted octanol–water partition coefficient (Wildman–Crippen LogP) is 4.31. The Morgan fingerprint density at radius 3 is 2.67 bits per heavy atom. The Kier molecular flexibility index (Phi) is 4.47. The first-order chi connectivity index (χ1) is 11.5. The number of carbonyl (C=O) groups is 1. The van der Waals surface area contributed by atoms with Gasteiger partial charge in [0.2, 0.25) is 0 Å². The molecule has 126 valence electrons. The highest BCUT2D eigenvalue weighted by Crippen LogP contribution is 2.24. The summed E-state index contributed by atoms with van der Waals surface area (Å²) >= 11 is 0. The molecule has 0 saturated carbocycles. The van der Waals surface area contributed by atoms with Crippen molar-refractivity contribution in [2.45, 2.75) is 40.7 Å². The molecular weight excluding hydrogens is 300 g/mol. The average Bonchev–Trinajstić information content (AvgIpc) is 3.06. The lowest BCUT2D eigenvalue weighted by Gasteiger charge is -2.09. The summed E-state index contributed by atoms with van der Waals surface area (Å²) in [6.45, 7) is 9.15. The first-order valence-corrected chi connectivity index (χ1v) is 8.43. The molecule has 0 amide bonds. The summed E-state index contributed by atoms with van der Waals surface area (Å²) in [4.78, 5) is 15.5. The fraction of sp³-hybridized carbons (Fsp3) is 0.350. The van der Waals surface area contributed by atoms with Crippen LogP contribution in [0.25, 0.3) is 10.9 Å². The number of fused-ring (bicyclic) bond motifs is 1. The van der Waals surface area contributed by atoms with Crippen molar-refractivity contribution < 1.29 is 9.53 Å². The van der Waals surface area contributed by atoms with Crippen molar-refractivity contribution >= 4 is 16.9 Å². The molecule has 0 aliphatic carbocycles. The Labute approximate surface area is 142 Å². The smallest absolute Gasteiger partial charge is 0.340 e. The van der Waals surface area contributed by atoms with Crippen LogP contribution in [-0.4, -0.2) is 22.1 Å². The zero-order chi connectivity index (χ0) is 17.3. The van der Waals surface area contributed by atoms with Crippen LogP contribution in [-0.2, 0) is 17.7 Å². The van der Waals surface area contributed by atoms with Gasteiger partial charge in [0.1, 0.15) is 0 Å². The van der Waals surface area contributed by atoms with Gasteiger partial charge >= 0.3 is 5.97 Å². The minimum atomic E-state index is -0.221. The molecule has 1 N–H and O–H groups in total. The molecule has 0 aliphatic heterocycles. The second-order valence-electron chi connectivity index (χ2n) is 6.15. The Hall–Kier alpha value is -2.49. The van der Waals surface area contributed by atoms with E-state index in [1.807, 2.05) is 26.8 Å². The summed E-state index contributed by atoms with van der Waals surface area (Å²) < 4.78 is 7.43. The number of aromatic nitrogens is 2. The van der Waals surface area contributed by atoms with Crippen molar-refractivity contribution in [3.05, 3.63) is 58.5 Å². The predicted molar refractivity (Wildman–Crippen MR) is 96.6 cm³/mol. The lowest BCUT2D eigenvalue weighted by atomic mass is 10.1. The summed E-state index contributed by atoms with van der Waals surface area (Å²) in [5.41, 5.74) is 6.32. The van der Waals surface area contributed by atoms with Gasteiger partial charge in [-0.2, -0.15) is 0 Å². The number of aryl methyl sites for hydroxylation is 1. The van der Waals surface area contributed by atoms with E-state index >= 15 is 0 Å². The highest BCUT2D eigenvalue weighted by molar-refractivity contribution is 5.93. The van der Waals surface area contributed by atoms with Crippen LogP contribution in [0.4, 0.5) is 0 Å². The van der Waals surface area contributed by atoms with Crippen LogP contribution in [0.2, 0.25) is 0 Å². The van der Waals surface area contributed by atoms with Gasteiger partial charge in [-0.1, -0.05) is 18.2 Å². The Morgan fingerprint density at radius 1 is 1.17 bits per heavy atom. The highest BCUT2D eigenvalue weighted by atomic mass is 16.5. The van der Waals surface area contributed by atoms with E-state index in [9.17, 15) is 4.79 Å². The molecule has 1 aromatic carbocycles. The Balaban J connectivity index is 1.88. The van der Waals surface area contributed by atoms with Crippen LogP contribution in [0, 0.1) is 20.8 Å². The lowest BCUT2D eigenvalue weighted by Crippen LogP contribution is -2.09. The Bertz CT molecular complexity index is 887. The van der Waals surface area contributed by atoms with Gasteiger partial charge < -0.3 is 14.3 Å². The second-order valence-corrected chi connectivity index (χ2v) is 6.15. The third-order valence-electron chi connectivity index (χ3n) is 4.85. The van der Waals surface area contributed by atoms with Crippen LogP contribution in [0.1, 0.15) is 39.8 Å². The van der Waals surface area contributed by atoms with Crippen LogP contribution in [0.5, 0.6) is 0 Å². The van der Waals surface area contributed by atoms with E-state index in [2.05, 4.69) is 40.9 Å². The van der Waals surface area contributed by atoms with E-state index in [1.165, 1.54) is 10.9 Å². The SMILES string of the molecule is CCOC(=O)c1c(C)c(C)n(CCc2c[nH]c3ccccc23)c1C. The van der Waals surface area contributed by atoms with E-state index in [4.69, 9.17) is 4.74 Å². The highest BCUT2D eigenvalue weighted by Gasteiger charge is 2.21. The lowest BCUT2D eigenvalue weighted by molar-refractivity contribution is 0.0524. The summed E-state index contributed by atoms with van der Waals surface area (Å²) in [6.07, 6.45) is 3.00. The van der Waals surface area contributed by atoms with E-state index in [1.54, 1.807) is 0 Å². The molecule has 0 aliphatic rings. The number of nitrogens with one attached hydrogen (secondary N) is 1. The Morgan fingerprint density at radius 2 is 1.92 bits per heavy atom. The number of para-hydroxylation sites is 1. The molecule has 0 spiro atoms. The monoisotopic (exact) mass is 324 g/mol. The maximum absolute atomic E-state index is 12.2. The largest absolute Gasteiger partial charge is 0.462 e. The number of hydrogen-bond donors (Lipinski definition) is 1. The number of H-pyrrole nitrogens is 1. The van der Waals surface area contributed by atoms with Gasteiger partial charge in [0, 0.05) is 35.0 Å². The summed E-state index contributed by atoms with van der Waals surface area (Å²) in [7, 11) is 0. The molecule has 2 heterocycles. The molecular formula is C20H24N2O2. The number of hydrogen-bond acceptors (Lipinski definition) is 2. The number of carbonyl (C=O) groups excluding carboxylic acids is 1. The van der Waals surface area contributed by atoms with Gasteiger partial charge in [-0.05, 0) is 51.3 Å². The van der Waals surface area contributed by atoms with Crippen LogP contribution in [0.15, 0.2) is 30.5 Å². The van der Waals surface area contributed by atoms with E-state index in [0.29, 0.717) is 12.2 Å². The summed E-state index contributed by atoms with van der Waals surface area (Å²) in [5.74, 6) is -0.221. The summed E-state index contributed by atoms with van der Waals surface area (Å²) in [5, 5.41) is 1.27. The number of benzene rings is 1. The van der Waals surface area contributed by atoms with Crippen molar-refractivity contribution in [2.75, 3.05) is 6.61 Å². The standard InChI is InChI=1S/C20H24N2O2/c1-5-24-20(23)19-13(2)14(3)22(15(19)4)11-10-16-12-21-18-9-7-6-8-17(16)18/h6-9,12,21H,5,10-11H2,1-4H3. The van der Waals surface area contributed by atoms with Crippen molar-refractivity contribution in [2.24, 2.45) is 0 Å². The molecule has 0 unspecified atom stereocenters. The van der Waals surface area contributed by atoms with Crippen molar-refractivity contribution in [3.8, 4) is 0 Å². The molecule has 0 saturated heterocycles. The molecule has 0 radical (unpaired) electrons. The zero-order valence-corrected chi connectivity index (χ0v) is 14.8. The molecule has 24 heavy (non-hydrogen) atoms. The van der Waals surface area contributed by atoms with Gasteiger partial charge in [-0.15, -0.1) is 0 Å². The molecule has 3 rings (SSSR count). The van der Waals surface area contributed by atoms with Crippen LogP contribution >= 0.6 is 0 Å². The normalized spacial score (nSPS) is 11.2. The van der Waals surface area contributed by atoms with E-state index in [0.717, 1.165) is 35.4 Å². The number of esters is 1. The quantitative estimate of drug-likeness (QED) is 0.711. The third kappa shape index (κ3) is 2.73. The van der Waals surface area contributed by atoms with Crippen molar-refractivity contribution in [3.63, 3.8) is 0 Å². The van der Waals surface area contributed by atoms with Crippen molar-refractivity contribution in [1.82, 2.24) is 9.55 Å². The summed E-state index contributed by atoms with van der Waals surface area (Å²) in [6, 6.07) is 8.34. The molecule has 0 atom stereocenters. The molecule has 2 aromatic heterocycles. The van der Waals surface area contributed by atoms with Gasteiger partial charge in [0.25, 0.3) is 0 Å². The zero-order valence-electron chi connectivity index (χ0n) is 14.8. The molecule has 4 nitrogen and oxygen atoms in total. The second kappa shape index (κ2) is 6.56. The number of ether oxygens (including phenoxy) is 1. The fourth-order valence-electron chi connectivity index (χ4n) is 3.45. The minimum absolute atomic E-state index is 0.221. The number of aromatic amines is 1. The van der Waals surface area contributed by atoms with Gasteiger partial charge in [-0.3, -0.25) is 0 Å².